The molecule has 0 aliphatic carbocycles. The molecule has 0 saturated heterocycles. The van der Waals surface area contributed by atoms with Crippen LogP contribution in [0.3, 0.4) is 0 Å². The van der Waals surface area contributed by atoms with Crippen LogP contribution in [0.25, 0.3) is 0 Å². The fourth-order valence-corrected chi connectivity index (χ4v) is 2.02. The zero-order chi connectivity index (χ0) is 14.5. The van der Waals surface area contributed by atoms with Crippen molar-refractivity contribution < 1.29 is 9.13 Å². The van der Waals surface area contributed by atoms with Gasteiger partial charge in [0.2, 0.25) is 0 Å². The maximum Gasteiger partial charge on any atom is 0.165 e. The van der Waals surface area contributed by atoms with Crippen molar-refractivity contribution in [1.29, 1.82) is 0 Å². The van der Waals surface area contributed by atoms with Crippen LogP contribution in [0.15, 0.2) is 18.2 Å². The van der Waals surface area contributed by atoms with Crippen molar-refractivity contribution in [3.8, 4) is 5.75 Å². The van der Waals surface area contributed by atoms with Crippen LogP contribution in [-0.4, -0.2) is 31.6 Å². The van der Waals surface area contributed by atoms with Gasteiger partial charge in [0.05, 0.1) is 7.11 Å². The maximum absolute atomic E-state index is 13.6. The van der Waals surface area contributed by atoms with Crippen LogP contribution in [0.5, 0.6) is 5.75 Å². The highest BCUT2D eigenvalue weighted by atomic mass is 19.1. The SMILES string of the molecule is CCN(Cc1ccc(OC)c(F)c1)CC(C)(C)CN. The number of hydrogen-bond donors (Lipinski definition) is 1. The lowest BCUT2D eigenvalue weighted by atomic mass is 9.93. The summed E-state index contributed by atoms with van der Waals surface area (Å²) in [4.78, 5) is 2.27. The Kier molecular flexibility index (Phi) is 5.76. The van der Waals surface area contributed by atoms with Gasteiger partial charge in [-0.05, 0) is 36.2 Å². The van der Waals surface area contributed by atoms with E-state index in [9.17, 15) is 4.39 Å². The van der Waals surface area contributed by atoms with E-state index in [1.54, 1.807) is 6.07 Å². The standard InChI is InChI=1S/C15H25FN2O/c1-5-18(11-15(2,3)10-17)9-12-6-7-14(19-4)13(16)8-12/h6-8H,5,9-11,17H2,1-4H3. The number of hydrogen-bond acceptors (Lipinski definition) is 3. The maximum atomic E-state index is 13.6. The predicted octanol–water partition coefficient (Wildman–Crippen LogP) is 2.64. The summed E-state index contributed by atoms with van der Waals surface area (Å²) in [6, 6.07) is 5.11. The molecule has 0 aliphatic rings. The Labute approximate surface area is 115 Å². The number of rotatable bonds is 7. The molecular weight excluding hydrogens is 243 g/mol. The number of ether oxygens (including phenoxy) is 1. The highest BCUT2D eigenvalue weighted by Crippen LogP contribution is 2.20. The summed E-state index contributed by atoms with van der Waals surface area (Å²) in [6.45, 7) is 9.56. The van der Waals surface area contributed by atoms with Gasteiger partial charge in [0, 0.05) is 13.1 Å². The Morgan fingerprint density at radius 3 is 2.53 bits per heavy atom. The fourth-order valence-electron chi connectivity index (χ4n) is 2.02. The highest BCUT2D eigenvalue weighted by molar-refractivity contribution is 5.29. The van der Waals surface area contributed by atoms with Gasteiger partial charge in [0.25, 0.3) is 0 Å². The third-order valence-electron chi connectivity index (χ3n) is 3.27. The number of nitrogens with zero attached hydrogens (tertiary/aromatic N) is 1. The van der Waals surface area contributed by atoms with Crippen molar-refractivity contribution in [2.45, 2.75) is 27.3 Å². The van der Waals surface area contributed by atoms with Crippen LogP contribution >= 0.6 is 0 Å². The van der Waals surface area contributed by atoms with E-state index >= 15 is 0 Å². The molecule has 0 radical (unpaired) electrons. The van der Waals surface area contributed by atoms with Crippen molar-refractivity contribution in [3.05, 3.63) is 29.6 Å². The third kappa shape index (κ3) is 4.80. The molecule has 0 heterocycles. The van der Waals surface area contributed by atoms with Gasteiger partial charge in [0.15, 0.2) is 11.6 Å². The molecule has 0 fully saturated rings. The summed E-state index contributed by atoms with van der Waals surface area (Å²) in [6.07, 6.45) is 0. The van der Waals surface area contributed by atoms with Crippen LogP contribution < -0.4 is 10.5 Å². The van der Waals surface area contributed by atoms with Gasteiger partial charge >= 0.3 is 0 Å². The molecule has 0 aromatic heterocycles. The molecule has 1 rings (SSSR count). The Morgan fingerprint density at radius 2 is 2.05 bits per heavy atom. The minimum absolute atomic E-state index is 0.0705. The van der Waals surface area contributed by atoms with Crippen LogP contribution in [0.2, 0.25) is 0 Å². The van der Waals surface area contributed by atoms with Gasteiger partial charge in [-0.3, -0.25) is 4.90 Å². The quantitative estimate of drug-likeness (QED) is 0.826. The van der Waals surface area contributed by atoms with Crippen LogP contribution in [-0.2, 0) is 6.54 Å². The average molecular weight is 268 g/mol. The lowest BCUT2D eigenvalue weighted by Gasteiger charge is -2.31. The summed E-state index contributed by atoms with van der Waals surface area (Å²) in [5.41, 5.74) is 6.78. The van der Waals surface area contributed by atoms with E-state index < -0.39 is 0 Å². The molecule has 1 aromatic carbocycles. The van der Waals surface area contributed by atoms with Crippen LogP contribution in [0, 0.1) is 11.2 Å². The lowest BCUT2D eigenvalue weighted by Crippen LogP contribution is -2.38. The summed E-state index contributed by atoms with van der Waals surface area (Å²) in [5, 5.41) is 0. The van der Waals surface area contributed by atoms with E-state index in [1.165, 1.54) is 13.2 Å². The van der Waals surface area contributed by atoms with Gasteiger partial charge in [-0.1, -0.05) is 26.8 Å². The molecule has 2 N–H and O–H groups in total. The highest BCUT2D eigenvalue weighted by Gasteiger charge is 2.19. The summed E-state index contributed by atoms with van der Waals surface area (Å²) in [7, 11) is 1.47. The first-order chi connectivity index (χ1) is 8.91. The Morgan fingerprint density at radius 1 is 1.37 bits per heavy atom. The van der Waals surface area contributed by atoms with E-state index in [-0.39, 0.29) is 17.0 Å². The van der Waals surface area contributed by atoms with Gasteiger partial charge < -0.3 is 10.5 Å². The average Bonchev–Trinajstić information content (AvgIpc) is 2.38. The smallest absolute Gasteiger partial charge is 0.165 e. The van der Waals surface area contributed by atoms with Gasteiger partial charge in [-0.15, -0.1) is 0 Å². The second-order valence-corrected chi connectivity index (χ2v) is 5.64. The van der Waals surface area contributed by atoms with Crippen molar-refractivity contribution in [2.24, 2.45) is 11.1 Å². The molecule has 19 heavy (non-hydrogen) atoms. The van der Waals surface area contributed by atoms with E-state index in [2.05, 4.69) is 25.7 Å². The zero-order valence-electron chi connectivity index (χ0n) is 12.4. The predicted molar refractivity (Wildman–Crippen MR) is 76.7 cm³/mol. The topological polar surface area (TPSA) is 38.5 Å². The molecule has 0 amide bonds. The molecule has 0 spiro atoms. The van der Waals surface area contributed by atoms with Crippen molar-refractivity contribution >= 4 is 0 Å². The van der Waals surface area contributed by atoms with Crippen LogP contribution in [0.1, 0.15) is 26.3 Å². The molecule has 0 saturated carbocycles. The molecule has 4 heteroatoms. The van der Waals surface area contributed by atoms with Gasteiger partial charge in [0.1, 0.15) is 0 Å². The molecular formula is C15H25FN2O. The number of methoxy groups -OCH3 is 1. The summed E-state index contributed by atoms with van der Waals surface area (Å²) in [5.74, 6) is -0.0248. The fraction of sp³-hybridized carbons (Fsp3) is 0.600. The Balaban J connectivity index is 2.73. The first kappa shape index (κ1) is 15.9. The van der Waals surface area contributed by atoms with Gasteiger partial charge in [-0.2, -0.15) is 0 Å². The van der Waals surface area contributed by atoms with Crippen molar-refractivity contribution in [2.75, 3.05) is 26.7 Å². The monoisotopic (exact) mass is 268 g/mol. The second kappa shape index (κ2) is 6.87. The Bertz CT molecular complexity index is 407. The van der Waals surface area contributed by atoms with Crippen LogP contribution in [0.4, 0.5) is 4.39 Å². The van der Waals surface area contributed by atoms with E-state index in [0.29, 0.717) is 6.54 Å². The molecule has 0 aliphatic heterocycles. The van der Waals surface area contributed by atoms with Crippen molar-refractivity contribution in [3.63, 3.8) is 0 Å². The molecule has 0 atom stereocenters. The van der Waals surface area contributed by atoms with Gasteiger partial charge in [-0.25, -0.2) is 4.39 Å². The minimum atomic E-state index is -0.311. The Hall–Kier alpha value is -1.13. The molecule has 108 valence electrons. The molecule has 0 unspecified atom stereocenters. The zero-order valence-corrected chi connectivity index (χ0v) is 12.4. The van der Waals surface area contributed by atoms with E-state index in [0.717, 1.165) is 25.2 Å². The summed E-state index contributed by atoms with van der Waals surface area (Å²) < 4.78 is 18.6. The largest absolute Gasteiger partial charge is 0.494 e. The minimum Gasteiger partial charge on any atom is -0.494 e. The first-order valence-corrected chi connectivity index (χ1v) is 6.66. The molecule has 3 nitrogen and oxygen atoms in total. The normalized spacial score (nSPS) is 11.9. The first-order valence-electron chi connectivity index (χ1n) is 6.66. The lowest BCUT2D eigenvalue weighted by molar-refractivity contribution is 0.183. The second-order valence-electron chi connectivity index (χ2n) is 5.64. The molecule has 1 aromatic rings. The third-order valence-corrected chi connectivity index (χ3v) is 3.27. The number of halogens is 1. The van der Waals surface area contributed by atoms with E-state index in [4.69, 9.17) is 10.5 Å². The summed E-state index contributed by atoms with van der Waals surface area (Å²) >= 11 is 0. The number of nitrogens with two attached hydrogens (primary N) is 1. The van der Waals surface area contributed by atoms with Crippen molar-refractivity contribution in [1.82, 2.24) is 4.90 Å². The molecule has 0 bridgehead atoms. The van der Waals surface area contributed by atoms with E-state index in [1.807, 2.05) is 6.07 Å². The number of benzene rings is 1.